The van der Waals surface area contributed by atoms with Gasteiger partial charge in [0.2, 0.25) is 0 Å². The van der Waals surface area contributed by atoms with Gasteiger partial charge >= 0.3 is 0 Å². The van der Waals surface area contributed by atoms with Crippen LogP contribution in [0.2, 0.25) is 0 Å². The van der Waals surface area contributed by atoms with Gasteiger partial charge in [-0.3, -0.25) is 0 Å². The zero-order valence-electron chi connectivity index (χ0n) is 2.70. The van der Waals surface area contributed by atoms with E-state index < -0.39 is 0 Å². The van der Waals surface area contributed by atoms with E-state index in [4.69, 9.17) is 21.2 Å². The first kappa shape index (κ1) is 8.83. The van der Waals surface area contributed by atoms with Crippen molar-refractivity contribution in [1.82, 2.24) is 0 Å². The fourth-order valence-corrected chi connectivity index (χ4v) is 0. The molecule has 0 radical (unpaired) electrons. The summed E-state index contributed by atoms with van der Waals surface area (Å²) in [6.07, 6.45) is 0. The Kier molecular flexibility index (Phi) is 79.5. The van der Waals surface area contributed by atoms with Crippen LogP contribution in [-0.2, 0) is 0 Å². The third-order valence-corrected chi connectivity index (χ3v) is 0. The van der Waals surface area contributed by atoms with E-state index in [9.17, 15) is 0 Å². The van der Waals surface area contributed by atoms with Crippen molar-refractivity contribution in [1.29, 1.82) is 5.53 Å². The van der Waals surface area contributed by atoms with Gasteiger partial charge in [-0.05, 0) is 10.4 Å². The topological polar surface area (TPSA) is 110 Å². The van der Waals surface area contributed by atoms with Crippen LogP contribution >= 0.6 is 0 Å². The Morgan fingerprint density at radius 2 is 2.00 bits per heavy atom. The normalized spacial score (nSPS) is 3.33. The maximum absolute atomic E-state index is 8.11. The molecule has 0 heterocycles. The van der Waals surface area contributed by atoms with Crippen molar-refractivity contribution in [3.05, 3.63) is 15.3 Å². The summed E-state index contributed by atoms with van der Waals surface area (Å²) in [5.41, 5.74) is 12.2. The molecule has 0 aromatic heterocycles. The van der Waals surface area contributed by atoms with E-state index in [1.807, 2.05) is 0 Å². The molecule has 0 aromatic carbocycles. The predicted molar refractivity (Wildman–Crippen MR) is 17.0 cm³/mol. The van der Waals surface area contributed by atoms with E-state index in [1.54, 1.807) is 4.91 Å². The molecule has 2 N–H and O–H groups in total. The van der Waals surface area contributed by atoms with Gasteiger partial charge in [0.05, 0.1) is 0 Å². The van der Waals surface area contributed by atoms with Crippen molar-refractivity contribution in [2.24, 2.45) is 5.34 Å². The third-order valence-electron chi connectivity index (χ3n) is 0. The monoisotopic (exact) mass is 90.0 g/mol. The molecule has 34 valence electrons. The quantitative estimate of drug-likeness (QED) is 0.152. The summed E-state index contributed by atoms with van der Waals surface area (Å²) in [5, 5.41) is 7.89. The van der Waals surface area contributed by atoms with Gasteiger partial charge in [0, 0.05) is 0 Å². The Labute approximate surface area is 32.7 Å². The molecular formula is H2N4O2. The Bertz CT molecular complexity index is 50.6. The van der Waals surface area contributed by atoms with Gasteiger partial charge in [0.1, 0.15) is 0 Å². The highest BCUT2D eigenvalue weighted by Crippen LogP contribution is 1.25. The average Bonchev–Trinajstić information content (AvgIpc) is 1.39. The molecular weight excluding hydrogens is 88.0 g/mol. The molecule has 0 fully saturated rings. The maximum atomic E-state index is 8.11. The maximum Gasteiger partial charge on any atom is 0.152 e. The number of nitrogens with zero attached hydrogens (tertiary/aromatic N) is 3. The molecule has 0 rings (SSSR count). The van der Waals surface area contributed by atoms with Crippen LogP contribution in [0.1, 0.15) is 0 Å². The molecule has 0 saturated heterocycles. The lowest BCUT2D eigenvalue weighted by Gasteiger charge is -1.32. The highest BCUT2D eigenvalue weighted by molar-refractivity contribution is 4.18. The van der Waals surface area contributed by atoms with Crippen LogP contribution in [-0.4, -0.2) is 5.21 Å². The molecule has 6 heteroatoms. The minimum atomic E-state index is 1.25. The number of hydrogen-bond acceptors (Lipinski definition) is 3. The molecule has 0 aliphatic rings. The van der Waals surface area contributed by atoms with Crippen LogP contribution in [0, 0.1) is 10.4 Å². The summed E-state index contributed by atoms with van der Waals surface area (Å²) in [7, 11) is 0. The molecule has 0 aliphatic carbocycles. The summed E-state index contributed by atoms with van der Waals surface area (Å²) >= 11 is 0. The molecule has 0 atom stereocenters. The lowest BCUT2D eigenvalue weighted by atomic mass is 13.0. The van der Waals surface area contributed by atoms with Crippen molar-refractivity contribution < 1.29 is 5.21 Å². The lowest BCUT2D eigenvalue weighted by molar-refractivity contribution is 0.312. The second-order valence-electron chi connectivity index (χ2n) is 0.182. The van der Waals surface area contributed by atoms with Crippen LogP contribution in [0.15, 0.2) is 5.34 Å². The average molecular weight is 90.0 g/mol. The molecule has 0 saturated carbocycles. The van der Waals surface area contributed by atoms with E-state index in [1.165, 1.54) is 5.34 Å². The van der Waals surface area contributed by atoms with Gasteiger partial charge < -0.3 is 5.21 Å². The number of hydrogen-bond donors (Lipinski definition) is 2. The fraction of sp³-hybridized carbons (Fsp3) is 0. The molecule has 0 bridgehead atoms. The van der Waals surface area contributed by atoms with Crippen LogP contribution < -0.4 is 0 Å². The first-order valence-corrected chi connectivity index (χ1v) is 0.806. The predicted octanol–water partition coefficient (Wildman–Crippen LogP) is 1.02. The van der Waals surface area contributed by atoms with Crippen molar-refractivity contribution in [3.8, 4) is 0 Å². The highest BCUT2D eigenvalue weighted by Gasteiger charge is 1.18. The summed E-state index contributed by atoms with van der Waals surface area (Å²) in [5.74, 6) is 0. The van der Waals surface area contributed by atoms with Crippen molar-refractivity contribution in [2.45, 2.75) is 0 Å². The molecule has 0 aliphatic heterocycles. The first-order chi connectivity index (χ1) is 2.83. The van der Waals surface area contributed by atoms with Gasteiger partial charge in [-0.25, -0.2) is 0 Å². The Hall–Kier alpha value is -1.29. The summed E-state index contributed by atoms with van der Waals surface area (Å²) < 4.78 is 0. The van der Waals surface area contributed by atoms with Crippen LogP contribution in [0.5, 0.6) is 0 Å². The van der Waals surface area contributed by atoms with Gasteiger partial charge in [0.25, 0.3) is 0 Å². The van der Waals surface area contributed by atoms with Crippen LogP contribution in [0.3, 0.4) is 0 Å². The SMILES string of the molecule is O=NO.[N-]=[N+]=N. The molecule has 0 spiro atoms. The van der Waals surface area contributed by atoms with Gasteiger partial charge in [-0.1, -0.05) is 0 Å². The van der Waals surface area contributed by atoms with Gasteiger partial charge in [-0.2, -0.15) is 0 Å². The Morgan fingerprint density at radius 1 is 2.00 bits per heavy atom. The largest absolute Gasteiger partial charge is 0.379 e. The van der Waals surface area contributed by atoms with E-state index in [2.05, 4.69) is 0 Å². The van der Waals surface area contributed by atoms with E-state index in [0.717, 1.165) is 0 Å². The van der Waals surface area contributed by atoms with Crippen molar-refractivity contribution >= 4 is 0 Å². The minimum absolute atomic E-state index is 1.25. The molecule has 6 nitrogen and oxygen atoms in total. The number of rotatable bonds is 0. The van der Waals surface area contributed by atoms with Gasteiger partial charge in [0.15, 0.2) is 5.34 Å². The number of nitrogens with one attached hydrogen (secondary N) is 1. The Morgan fingerprint density at radius 3 is 2.00 bits per heavy atom. The smallest absolute Gasteiger partial charge is 0.152 e. The zero-order chi connectivity index (χ0) is 5.41. The Balaban J connectivity index is 0. The fourth-order valence-electron chi connectivity index (χ4n) is 0. The standard InChI is InChI=1S/HN3.HNO2/c1-3-2;2-1-3/h1H;(H,2,3). The third kappa shape index (κ3) is 4.76. The van der Waals surface area contributed by atoms with Crippen molar-refractivity contribution in [3.63, 3.8) is 0 Å². The van der Waals surface area contributed by atoms with Gasteiger partial charge in [-0.15, -0.1) is 10.4 Å². The summed E-state index contributed by atoms with van der Waals surface area (Å²) in [6.45, 7) is 0. The second-order valence-corrected chi connectivity index (χ2v) is 0.182. The lowest BCUT2D eigenvalue weighted by Crippen LogP contribution is -1.25. The van der Waals surface area contributed by atoms with E-state index in [0.29, 0.717) is 0 Å². The van der Waals surface area contributed by atoms with Crippen molar-refractivity contribution in [2.75, 3.05) is 0 Å². The molecule has 0 aromatic rings. The van der Waals surface area contributed by atoms with E-state index >= 15 is 0 Å². The molecule has 6 heavy (non-hydrogen) atoms. The molecule has 0 amide bonds. The van der Waals surface area contributed by atoms with Crippen LogP contribution in [0.4, 0.5) is 0 Å². The summed E-state index contributed by atoms with van der Waals surface area (Å²) in [4.78, 5) is 9.86. The highest BCUT2D eigenvalue weighted by atomic mass is 16.6. The van der Waals surface area contributed by atoms with E-state index in [-0.39, 0.29) is 0 Å². The second kappa shape index (κ2) is 54.1. The summed E-state index contributed by atoms with van der Waals surface area (Å²) in [6, 6.07) is 0. The minimum Gasteiger partial charge on any atom is -0.379 e. The zero-order valence-corrected chi connectivity index (χ0v) is 2.70. The first-order valence-electron chi connectivity index (χ1n) is 0.806. The molecule has 0 unspecified atom stereocenters. The van der Waals surface area contributed by atoms with Crippen LogP contribution in [0.25, 0.3) is 10.4 Å².